The molecule has 138 valence electrons. The molecule has 8 heteroatoms. The number of esters is 1. The van der Waals surface area contributed by atoms with Crippen LogP contribution in [0.4, 0.5) is 4.39 Å². The fourth-order valence-corrected chi connectivity index (χ4v) is 3.92. The molecule has 0 N–H and O–H groups in total. The number of halogens is 1. The SMILES string of the molecule is COC(=O)[C@@H]1C[C@@H](Oc2ccccc2F)CN1C(=O)c1sc(C)nc1C. The molecule has 2 atom stereocenters. The van der Waals surface area contributed by atoms with Crippen LogP contribution in [-0.2, 0) is 9.53 Å². The van der Waals surface area contributed by atoms with E-state index < -0.39 is 23.9 Å². The van der Waals surface area contributed by atoms with Crippen molar-refractivity contribution in [2.45, 2.75) is 32.4 Å². The molecule has 0 radical (unpaired) electrons. The van der Waals surface area contributed by atoms with Crippen LogP contribution in [0, 0.1) is 19.7 Å². The second kappa shape index (κ2) is 7.41. The van der Waals surface area contributed by atoms with Crippen LogP contribution in [-0.4, -0.2) is 47.6 Å². The molecule has 0 bridgehead atoms. The number of carbonyl (C=O) groups is 2. The third-order valence-electron chi connectivity index (χ3n) is 4.22. The van der Waals surface area contributed by atoms with E-state index in [1.54, 1.807) is 19.1 Å². The van der Waals surface area contributed by atoms with Crippen LogP contribution in [0.2, 0.25) is 0 Å². The number of ether oxygens (including phenoxy) is 2. The summed E-state index contributed by atoms with van der Waals surface area (Å²) in [5.74, 6) is -1.19. The van der Waals surface area contributed by atoms with Crippen molar-refractivity contribution in [2.24, 2.45) is 0 Å². The van der Waals surface area contributed by atoms with E-state index in [0.717, 1.165) is 5.01 Å². The molecule has 6 nitrogen and oxygen atoms in total. The summed E-state index contributed by atoms with van der Waals surface area (Å²) in [6, 6.07) is 5.28. The number of nitrogens with zero attached hydrogens (tertiary/aromatic N) is 2. The fourth-order valence-electron chi connectivity index (χ4n) is 3.05. The molecule has 0 unspecified atom stereocenters. The number of amides is 1. The minimum absolute atomic E-state index is 0.0974. The van der Waals surface area contributed by atoms with Gasteiger partial charge in [-0.25, -0.2) is 14.2 Å². The zero-order valence-corrected chi connectivity index (χ0v) is 15.5. The molecular formula is C18H19FN2O4S. The van der Waals surface area contributed by atoms with Gasteiger partial charge in [-0.05, 0) is 26.0 Å². The van der Waals surface area contributed by atoms with Crippen molar-refractivity contribution >= 4 is 23.2 Å². The largest absolute Gasteiger partial charge is 0.485 e. The Bertz CT molecular complexity index is 838. The normalized spacial score (nSPS) is 19.5. The number of hydrogen-bond donors (Lipinski definition) is 0. The molecule has 1 aromatic carbocycles. The van der Waals surface area contributed by atoms with E-state index in [9.17, 15) is 14.0 Å². The number of para-hydroxylation sites is 1. The first-order valence-electron chi connectivity index (χ1n) is 8.14. The van der Waals surface area contributed by atoms with Gasteiger partial charge >= 0.3 is 5.97 Å². The van der Waals surface area contributed by atoms with Gasteiger partial charge in [-0.15, -0.1) is 11.3 Å². The van der Waals surface area contributed by atoms with Crippen LogP contribution >= 0.6 is 11.3 Å². The molecule has 1 aliphatic heterocycles. The number of methoxy groups -OCH3 is 1. The quantitative estimate of drug-likeness (QED) is 0.765. The first-order valence-corrected chi connectivity index (χ1v) is 8.96. The number of aryl methyl sites for hydroxylation is 2. The Balaban J connectivity index is 1.83. The summed E-state index contributed by atoms with van der Waals surface area (Å²) in [5, 5.41) is 0.777. The number of thiazole rings is 1. The van der Waals surface area contributed by atoms with Crippen molar-refractivity contribution in [2.75, 3.05) is 13.7 Å². The summed E-state index contributed by atoms with van der Waals surface area (Å²) in [7, 11) is 1.28. The molecule has 1 amide bonds. The zero-order valence-electron chi connectivity index (χ0n) is 14.7. The highest BCUT2D eigenvalue weighted by atomic mass is 32.1. The smallest absolute Gasteiger partial charge is 0.328 e. The molecule has 1 aliphatic rings. The standard InChI is InChI=1S/C18H19FN2O4S/c1-10-16(26-11(2)20-10)17(22)21-9-12(8-14(21)18(23)24-3)25-15-7-5-4-6-13(15)19/h4-7,12,14H,8-9H2,1-3H3/t12-,14+/m1/s1. The average Bonchev–Trinajstić information content (AvgIpc) is 3.18. The summed E-state index contributed by atoms with van der Waals surface area (Å²) < 4.78 is 24.4. The summed E-state index contributed by atoms with van der Waals surface area (Å²) in [5.41, 5.74) is 0.625. The number of likely N-dealkylation sites (tertiary alicyclic amines) is 1. The van der Waals surface area contributed by atoms with Gasteiger partial charge in [-0.1, -0.05) is 12.1 Å². The monoisotopic (exact) mass is 378 g/mol. The highest BCUT2D eigenvalue weighted by Crippen LogP contribution is 2.29. The van der Waals surface area contributed by atoms with E-state index in [2.05, 4.69) is 4.98 Å². The van der Waals surface area contributed by atoms with E-state index in [1.807, 2.05) is 6.92 Å². The molecule has 1 saturated heterocycles. The second-order valence-corrected chi connectivity index (χ2v) is 7.25. The second-order valence-electron chi connectivity index (χ2n) is 6.05. The van der Waals surface area contributed by atoms with E-state index in [4.69, 9.17) is 9.47 Å². The van der Waals surface area contributed by atoms with Crippen LogP contribution < -0.4 is 4.74 Å². The number of hydrogen-bond acceptors (Lipinski definition) is 6. The van der Waals surface area contributed by atoms with Crippen molar-refractivity contribution in [3.05, 3.63) is 45.7 Å². The molecular weight excluding hydrogens is 359 g/mol. The Labute approximate surface area is 154 Å². The average molecular weight is 378 g/mol. The maximum absolute atomic E-state index is 13.8. The Morgan fingerprint density at radius 1 is 1.31 bits per heavy atom. The van der Waals surface area contributed by atoms with Crippen LogP contribution in [0.15, 0.2) is 24.3 Å². The predicted molar refractivity (Wildman–Crippen MR) is 93.9 cm³/mol. The lowest BCUT2D eigenvalue weighted by Gasteiger charge is -2.21. The third-order valence-corrected chi connectivity index (χ3v) is 5.29. The number of carbonyl (C=O) groups excluding carboxylic acids is 2. The fraction of sp³-hybridized carbons (Fsp3) is 0.389. The van der Waals surface area contributed by atoms with Gasteiger partial charge in [0.1, 0.15) is 17.0 Å². The minimum atomic E-state index is -0.772. The molecule has 0 spiro atoms. The van der Waals surface area contributed by atoms with Gasteiger partial charge in [0.25, 0.3) is 5.91 Å². The van der Waals surface area contributed by atoms with Gasteiger partial charge in [0.05, 0.1) is 24.4 Å². The van der Waals surface area contributed by atoms with E-state index in [-0.39, 0.29) is 24.6 Å². The first kappa shape index (κ1) is 18.3. The van der Waals surface area contributed by atoms with E-state index in [1.165, 1.54) is 35.5 Å². The maximum Gasteiger partial charge on any atom is 0.328 e. The lowest BCUT2D eigenvalue weighted by atomic mass is 10.2. The molecule has 0 saturated carbocycles. The molecule has 2 aromatic rings. The Morgan fingerprint density at radius 2 is 2.04 bits per heavy atom. The summed E-state index contributed by atoms with van der Waals surface area (Å²) >= 11 is 1.28. The lowest BCUT2D eigenvalue weighted by Crippen LogP contribution is -2.41. The highest BCUT2D eigenvalue weighted by molar-refractivity contribution is 7.13. The number of rotatable bonds is 4. The molecule has 3 rings (SSSR count). The highest BCUT2D eigenvalue weighted by Gasteiger charge is 2.42. The maximum atomic E-state index is 13.8. The summed E-state index contributed by atoms with van der Waals surface area (Å²) in [6.45, 7) is 3.75. The third kappa shape index (κ3) is 3.55. The topological polar surface area (TPSA) is 68.7 Å². The van der Waals surface area contributed by atoms with Gasteiger partial charge in [-0.2, -0.15) is 0 Å². The molecule has 1 fully saturated rings. The summed E-state index contributed by atoms with van der Waals surface area (Å²) in [6.07, 6.45) is -0.266. The van der Waals surface area contributed by atoms with Crippen molar-refractivity contribution < 1.29 is 23.5 Å². The van der Waals surface area contributed by atoms with Crippen LogP contribution in [0.25, 0.3) is 0 Å². The van der Waals surface area contributed by atoms with Crippen molar-refractivity contribution in [3.8, 4) is 5.75 Å². The Kier molecular flexibility index (Phi) is 5.22. The van der Waals surface area contributed by atoms with Crippen molar-refractivity contribution in [1.82, 2.24) is 9.88 Å². The minimum Gasteiger partial charge on any atom is -0.485 e. The number of aromatic nitrogens is 1. The van der Waals surface area contributed by atoms with Crippen LogP contribution in [0.1, 0.15) is 26.8 Å². The zero-order chi connectivity index (χ0) is 18.8. The van der Waals surface area contributed by atoms with Gasteiger partial charge in [-0.3, -0.25) is 4.79 Å². The van der Waals surface area contributed by atoms with E-state index in [0.29, 0.717) is 10.6 Å². The molecule has 2 heterocycles. The van der Waals surface area contributed by atoms with Crippen LogP contribution in [0.3, 0.4) is 0 Å². The van der Waals surface area contributed by atoms with Crippen molar-refractivity contribution in [1.29, 1.82) is 0 Å². The van der Waals surface area contributed by atoms with Gasteiger partial charge in [0.2, 0.25) is 0 Å². The number of benzene rings is 1. The predicted octanol–water partition coefficient (Wildman–Crippen LogP) is 2.73. The Hall–Kier alpha value is -2.48. The molecule has 26 heavy (non-hydrogen) atoms. The van der Waals surface area contributed by atoms with Gasteiger partial charge in [0.15, 0.2) is 11.6 Å². The van der Waals surface area contributed by atoms with Gasteiger partial charge in [0, 0.05) is 6.42 Å². The Morgan fingerprint density at radius 3 is 2.65 bits per heavy atom. The van der Waals surface area contributed by atoms with Crippen LogP contribution in [0.5, 0.6) is 5.75 Å². The molecule has 0 aliphatic carbocycles. The van der Waals surface area contributed by atoms with E-state index >= 15 is 0 Å². The first-order chi connectivity index (χ1) is 12.4. The van der Waals surface area contributed by atoms with Gasteiger partial charge < -0.3 is 14.4 Å². The summed E-state index contributed by atoms with van der Waals surface area (Å²) in [4.78, 5) is 31.3. The van der Waals surface area contributed by atoms with Crippen molar-refractivity contribution in [3.63, 3.8) is 0 Å². The lowest BCUT2D eigenvalue weighted by molar-refractivity contribution is -0.145. The molecule has 1 aromatic heterocycles.